The highest BCUT2D eigenvalue weighted by Gasteiger charge is 2.29. The molecule has 2 aliphatic heterocycles. The van der Waals surface area contributed by atoms with Gasteiger partial charge in [-0.05, 0) is 37.1 Å². The summed E-state index contributed by atoms with van der Waals surface area (Å²) in [5.41, 5.74) is 0.414. The van der Waals surface area contributed by atoms with Crippen LogP contribution in [0.2, 0.25) is 0 Å². The van der Waals surface area contributed by atoms with Crippen LogP contribution in [0.1, 0.15) is 29.0 Å². The number of nitrogens with zero attached hydrogens (tertiary/aromatic N) is 1. The van der Waals surface area contributed by atoms with Gasteiger partial charge in [0, 0.05) is 25.2 Å². The number of hydrogen-bond donors (Lipinski definition) is 1. The van der Waals surface area contributed by atoms with Gasteiger partial charge in [-0.15, -0.1) is 0 Å². The molecule has 1 N–H and O–H groups in total. The highest BCUT2D eigenvalue weighted by molar-refractivity contribution is 6.14. The highest BCUT2D eigenvalue weighted by Crippen LogP contribution is 2.35. The van der Waals surface area contributed by atoms with Gasteiger partial charge in [-0.3, -0.25) is 14.4 Å². The summed E-state index contributed by atoms with van der Waals surface area (Å²) in [6.07, 6.45) is 3.92. The predicted octanol–water partition coefficient (Wildman–Crippen LogP) is 2.60. The first kappa shape index (κ1) is 18.8. The topological polar surface area (TPSA) is 106 Å². The number of carbonyl (C=O) groups excluding carboxylic acids is 2. The Hall–Kier alpha value is -3.55. The normalized spacial score (nSPS) is 17.9. The van der Waals surface area contributed by atoms with Gasteiger partial charge < -0.3 is 23.9 Å². The van der Waals surface area contributed by atoms with Crippen LogP contribution in [0.5, 0.6) is 11.5 Å². The Morgan fingerprint density at radius 2 is 2.03 bits per heavy atom. The van der Waals surface area contributed by atoms with E-state index in [9.17, 15) is 14.4 Å². The summed E-state index contributed by atoms with van der Waals surface area (Å²) >= 11 is 0. The molecule has 0 radical (unpaired) electrons. The van der Waals surface area contributed by atoms with E-state index in [1.54, 1.807) is 35.2 Å². The molecule has 1 amide bonds. The molecule has 0 bridgehead atoms. The zero-order chi connectivity index (χ0) is 20.4. The molecule has 2 aliphatic rings. The Kier molecular flexibility index (Phi) is 5.07. The summed E-state index contributed by atoms with van der Waals surface area (Å²) in [5.74, 6) is -0.231. The Morgan fingerprint density at radius 1 is 1.24 bits per heavy atom. The number of furan rings is 1. The molecule has 29 heavy (non-hydrogen) atoms. The average molecular weight is 397 g/mol. The molecule has 0 atom stereocenters. The van der Waals surface area contributed by atoms with Crippen molar-refractivity contribution in [3.05, 3.63) is 53.7 Å². The van der Waals surface area contributed by atoms with E-state index in [1.165, 1.54) is 12.3 Å². The number of piperidine rings is 1. The van der Waals surface area contributed by atoms with E-state index < -0.39 is 11.9 Å². The number of carboxylic acid groups (broad SMARTS) is 1. The second kappa shape index (κ2) is 7.83. The standard InChI is InChI=1S/C21H19NO7/c23-19(22-7-5-13(6-8-22)21(25)26)12-28-15-3-4-16-17(10-15)29-18(20(16)24)11-14-2-1-9-27-14/h1-4,9-11,13H,5-8,12H2,(H,25,26). The molecule has 4 rings (SSSR count). The van der Waals surface area contributed by atoms with Crippen LogP contribution < -0.4 is 9.47 Å². The molecule has 3 heterocycles. The van der Waals surface area contributed by atoms with Gasteiger partial charge in [0.05, 0.1) is 17.7 Å². The predicted molar refractivity (Wildman–Crippen MR) is 101 cm³/mol. The van der Waals surface area contributed by atoms with Crippen molar-refractivity contribution in [1.29, 1.82) is 0 Å². The van der Waals surface area contributed by atoms with Gasteiger partial charge in [-0.25, -0.2) is 0 Å². The average Bonchev–Trinajstić information content (AvgIpc) is 3.34. The van der Waals surface area contributed by atoms with Crippen molar-refractivity contribution < 1.29 is 33.4 Å². The third-order valence-corrected chi connectivity index (χ3v) is 5.02. The highest BCUT2D eigenvalue weighted by atomic mass is 16.5. The molecule has 150 valence electrons. The van der Waals surface area contributed by atoms with Crippen LogP contribution in [0.15, 0.2) is 46.8 Å². The van der Waals surface area contributed by atoms with E-state index in [1.807, 2.05) is 0 Å². The molecule has 2 aromatic rings. The summed E-state index contributed by atoms with van der Waals surface area (Å²) in [5, 5.41) is 9.03. The Bertz CT molecular complexity index is 969. The van der Waals surface area contributed by atoms with Crippen molar-refractivity contribution in [2.24, 2.45) is 5.92 Å². The van der Waals surface area contributed by atoms with Crippen molar-refractivity contribution in [3.63, 3.8) is 0 Å². The molecule has 1 aromatic carbocycles. The number of Topliss-reactive ketones (excluding diaryl/α,β-unsaturated/α-hetero) is 1. The molecule has 1 aromatic heterocycles. The minimum absolute atomic E-state index is 0.157. The fourth-order valence-corrected chi connectivity index (χ4v) is 3.37. The molecular weight excluding hydrogens is 378 g/mol. The number of ketones is 1. The van der Waals surface area contributed by atoms with Crippen molar-refractivity contribution in [3.8, 4) is 11.5 Å². The largest absolute Gasteiger partial charge is 0.484 e. The van der Waals surface area contributed by atoms with Gasteiger partial charge in [0.25, 0.3) is 5.91 Å². The maximum atomic E-state index is 12.4. The SMILES string of the molecule is O=C1C(=Cc2ccco2)Oc2cc(OCC(=O)N3CCC(C(=O)O)CC3)ccc21. The number of carboxylic acids is 1. The van der Waals surface area contributed by atoms with E-state index in [0.29, 0.717) is 48.8 Å². The van der Waals surface area contributed by atoms with Crippen LogP contribution in [0.3, 0.4) is 0 Å². The van der Waals surface area contributed by atoms with Crippen molar-refractivity contribution in [1.82, 2.24) is 4.90 Å². The quantitative estimate of drug-likeness (QED) is 0.773. The molecule has 0 unspecified atom stereocenters. The smallest absolute Gasteiger partial charge is 0.306 e. The number of rotatable bonds is 5. The minimum Gasteiger partial charge on any atom is -0.484 e. The lowest BCUT2D eigenvalue weighted by atomic mass is 9.97. The van der Waals surface area contributed by atoms with E-state index in [0.717, 1.165) is 0 Å². The van der Waals surface area contributed by atoms with Gasteiger partial charge in [-0.1, -0.05) is 0 Å². The van der Waals surface area contributed by atoms with Gasteiger partial charge in [0.1, 0.15) is 17.3 Å². The fourth-order valence-electron chi connectivity index (χ4n) is 3.37. The van der Waals surface area contributed by atoms with Gasteiger partial charge in [0.15, 0.2) is 12.4 Å². The molecule has 8 nitrogen and oxygen atoms in total. The second-order valence-corrected chi connectivity index (χ2v) is 6.90. The van der Waals surface area contributed by atoms with Crippen LogP contribution in [-0.2, 0) is 9.59 Å². The number of likely N-dealkylation sites (tertiary alicyclic amines) is 1. The summed E-state index contributed by atoms with van der Waals surface area (Å²) in [4.78, 5) is 37.3. The van der Waals surface area contributed by atoms with Crippen molar-refractivity contribution in [2.45, 2.75) is 12.8 Å². The van der Waals surface area contributed by atoms with Crippen LogP contribution in [0.4, 0.5) is 0 Å². The lowest BCUT2D eigenvalue weighted by molar-refractivity contribution is -0.146. The molecule has 0 saturated carbocycles. The minimum atomic E-state index is -0.818. The summed E-state index contributed by atoms with van der Waals surface area (Å²) in [6, 6.07) is 8.21. The van der Waals surface area contributed by atoms with Gasteiger partial charge in [0.2, 0.25) is 5.78 Å². The maximum absolute atomic E-state index is 12.4. The van der Waals surface area contributed by atoms with E-state index in [-0.39, 0.29) is 24.1 Å². The first-order chi connectivity index (χ1) is 14.0. The number of amides is 1. The zero-order valence-electron chi connectivity index (χ0n) is 15.5. The number of allylic oxidation sites excluding steroid dienone is 1. The molecule has 0 aliphatic carbocycles. The zero-order valence-corrected chi connectivity index (χ0v) is 15.5. The third kappa shape index (κ3) is 4.01. The van der Waals surface area contributed by atoms with Crippen molar-refractivity contribution in [2.75, 3.05) is 19.7 Å². The molecule has 8 heteroatoms. The Balaban J connectivity index is 1.36. The number of ether oxygens (including phenoxy) is 2. The summed E-state index contributed by atoms with van der Waals surface area (Å²) < 4.78 is 16.4. The number of fused-ring (bicyclic) bond motifs is 1. The summed E-state index contributed by atoms with van der Waals surface area (Å²) in [7, 11) is 0. The summed E-state index contributed by atoms with van der Waals surface area (Å²) in [6.45, 7) is 0.642. The van der Waals surface area contributed by atoms with Crippen LogP contribution in [0, 0.1) is 5.92 Å². The Labute approximate surface area is 166 Å². The number of benzene rings is 1. The molecule has 1 saturated heterocycles. The number of carbonyl (C=O) groups is 3. The second-order valence-electron chi connectivity index (χ2n) is 6.90. The van der Waals surface area contributed by atoms with Gasteiger partial charge >= 0.3 is 5.97 Å². The molecule has 1 fully saturated rings. The van der Waals surface area contributed by atoms with E-state index in [2.05, 4.69) is 0 Å². The monoisotopic (exact) mass is 397 g/mol. The van der Waals surface area contributed by atoms with Gasteiger partial charge in [-0.2, -0.15) is 0 Å². The molecule has 0 spiro atoms. The lowest BCUT2D eigenvalue weighted by Gasteiger charge is -2.30. The van der Waals surface area contributed by atoms with Crippen LogP contribution in [0.25, 0.3) is 6.08 Å². The van der Waals surface area contributed by atoms with E-state index >= 15 is 0 Å². The third-order valence-electron chi connectivity index (χ3n) is 5.02. The fraction of sp³-hybridized carbons (Fsp3) is 0.286. The maximum Gasteiger partial charge on any atom is 0.306 e. The van der Waals surface area contributed by atoms with Crippen molar-refractivity contribution >= 4 is 23.7 Å². The number of aliphatic carboxylic acids is 1. The van der Waals surface area contributed by atoms with E-state index in [4.69, 9.17) is 19.0 Å². The van der Waals surface area contributed by atoms with Crippen LogP contribution in [-0.4, -0.2) is 47.4 Å². The lowest BCUT2D eigenvalue weighted by Crippen LogP contribution is -2.42. The Morgan fingerprint density at radius 3 is 2.72 bits per heavy atom. The molecular formula is C21H19NO7. The first-order valence-corrected chi connectivity index (χ1v) is 9.26. The number of hydrogen-bond acceptors (Lipinski definition) is 6. The van der Waals surface area contributed by atoms with Crippen LogP contribution >= 0.6 is 0 Å². The first-order valence-electron chi connectivity index (χ1n) is 9.26.